The number of anilines is 2. The van der Waals surface area contributed by atoms with E-state index in [1.54, 1.807) is 12.3 Å². The van der Waals surface area contributed by atoms with Crippen LogP contribution >= 0.6 is 0 Å². The minimum absolute atomic E-state index is 0.500. The normalized spacial score (nSPS) is 16.5. The molecule has 0 unspecified atom stereocenters. The molecule has 0 amide bonds. The van der Waals surface area contributed by atoms with Gasteiger partial charge in [-0.25, -0.2) is 0 Å². The van der Waals surface area contributed by atoms with Gasteiger partial charge in [0.15, 0.2) is 5.82 Å². The maximum atomic E-state index is 4.36. The van der Waals surface area contributed by atoms with Crippen molar-refractivity contribution in [3.05, 3.63) is 18.9 Å². The number of hydrogen-bond acceptors (Lipinski definition) is 5. The lowest BCUT2D eigenvalue weighted by atomic mass is 9.96. The van der Waals surface area contributed by atoms with Crippen molar-refractivity contribution in [3.8, 4) is 0 Å². The van der Waals surface area contributed by atoms with E-state index in [0.717, 1.165) is 5.82 Å². The predicted molar refractivity (Wildman–Crippen MR) is 69.0 cm³/mol. The van der Waals surface area contributed by atoms with Crippen molar-refractivity contribution in [1.82, 2.24) is 15.2 Å². The standard InChI is InChI=1S/C12H19N5/c1-2-8-13-11-9-14-17-12(16-11)15-10-6-4-3-5-7-10/h2,9-10H,1,3-8H2,(H2,13,15,16,17). The Hall–Kier alpha value is -1.65. The molecule has 1 saturated carbocycles. The van der Waals surface area contributed by atoms with Gasteiger partial charge in [-0.05, 0) is 12.8 Å². The van der Waals surface area contributed by atoms with Crippen molar-refractivity contribution in [2.75, 3.05) is 17.2 Å². The fraction of sp³-hybridized carbons (Fsp3) is 0.583. The number of nitrogens with zero attached hydrogens (tertiary/aromatic N) is 3. The minimum Gasteiger partial charge on any atom is -0.365 e. The Morgan fingerprint density at radius 3 is 2.94 bits per heavy atom. The Morgan fingerprint density at radius 1 is 1.35 bits per heavy atom. The van der Waals surface area contributed by atoms with Gasteiger partial charge in [0.05, 0.1) is 6.20 Å². The molecule has 0 saturated heterocycles. The second kappa shape index (κ2) is 6.18. The lowest BCUT2D eigenvalue weighted by Gasteiger charge is -2.22. The van der Waals surface area contributed by atoms with Crippen LogP contribution in [0.15, 0.2) is 18.9 Å². The van der Waals surface area contributed by atoms with E-state index < -0.39 is 0 Å². The molecule has 2 rings (SSSR count). The highest BCUT2D eigenvalue weighted by Crippen LogP contribution is 2.20. The van der Waals surface area contributed by atoms with Crippen LogP contribution in [0.25, 0.3) is 0 Å². The summed E-state index contributed by atoms with van der Waals surface area (Å²) in [4.78, 5) is 4.36. The van der Waals surface area contributed by atoms with Crippen molar-refractivity contribution in [2.24, 2.45) is 0 Å². The van der Waals surface area contributed by atoms with Crippen molar-refractivity contribution in [2.45, 2.75) is 38.1 Å². The Kier molecular flexibility index (Phi) is 4.30. The lowest BCUT2D eigenvalue weighted by Crippen LogP contribution is -2.23. The zero-order valence-corrected chi connectivity index (χ0v) is 10.0. The Bertz CT molecular complexity index is 360. The van der Waals surface area contributed by atoms with Gasteiger partial charge in [0.25, 0.3) is 0 Å². The van der Waals surface area contributed by atoms with Crippen LogP contribution in [0, 0.1) is 0 Å². The first-order valence-electron chi connectivity index (χ1n) is 6.19. The van der Waals surface area contributed by atoms with Gasteiger partial charge in [0.2, 0.25) is 5.95 Å². The molecular formula is C12H19N5. The summed E-state index contributed by atoms with van der Waals surface area (Å²) in [7, 11) is 0. The summed E-state index contributed by atoms with van der Waals surface area (Å²) in [5.41, 5.74) is 0. The summed E-state index contributed by atoms with van der Waals surface area (Å²) in [5.74, 6) is 1.35. The third-order valence-corrected chi connectivity index (χ3v) is 2.92. The number of aromatic nitrogens is 3. The maximum Gasteiger partial charge on any atom is 0.244 e. The lowest BCUT2D eigenvalue weighted by molar-refractivity contribution is 0.460. The van der Waals surface area contributed by atoms with Gasteiger partial charge in [-0.3, -0.25) is 0 Å². The number of rotatable bonds is 5. The number of hydrogen-bond donors (Lipinski definition) is 2. The van der Waals surface area contributed by atoms with E-state index in [-0.39, 0.29) is 0 Å². The van der Waals surface area contributed by atoms with E-state index in [0.29, 0.717) is 18.5 Å². The van der Waals surface area contributed by atoms with Crippen LogP contribution in [0.2, 0.25) is 0 Å². The Balaban J connectivity index is 1.92. The molecule has 0 bridgehead atoms. The second-order valence-electron chi connectivity index (χ2n) is 4.31. The van der Waals surface area contributed by atoms with Crippen LogP contribution in [0.3, 0.4) is 0 Å². The van der Waals surface area contributed by atoms with Crippen LogP contribution in [0.1, 0.15) is 32.1 Å². The first-order valence-corrected chi connectivity index (χ1v) is 6.19. The second-order valence-corrected chi connectivity index (χ2v) is 4.31. The molecule has 1 fully saturated rings. The van der Waals surface area contributed by atoms with Gasteiger partial charge in [-0.1, -0.05) is 25.3 Å². The molecule has 1 aliphatic rings. The summed E-state index contributed by atoms with van der Waals surface area (Å²) in [6.07, 6.45) is 9.74. The highest BCUT2D eigenvalue weighted by Gasteiger charge is 2.14. The van der Waals surface area contributed by atoms with E-state index in [2.05, 4.69) is 32.4 Å². The zero-order valence-electron chi connectivity index (χ0n) is 10.0. The molecule has 1 aromatic rings. The van der Waals surface area contributed by atoms with Crippen molar-refractivity contribution in [1.29, 1.82) is 0 Å². The molecule has 5 heteroatoms. The summed E-state index contributed by atoms with van der Waals surface area (Å²) in [6.45, 7) is 4.33. The molecule has 0 spiro atoms. The van der Waals surface area contributed by atoms with E-state index in [9.17, 15) is 0 Å². The van der Waals surface area contributed by atoms with Crippen LogP contribution in [-0.2, 0) is 0 Å². The van der Waals surface area contributed by atoms with E-state index in [1.807, 2.05) is 0 Å². The third kappa shape index (κ3) is 3.69. The molecular weight excluding hydrogens is 214 g/mol. The molecule has 0 aromatic carbocycles. The quantitative estimate of drug-likeness (QED) is 0.763. The first kappa shape index (κ1) is 11.8. The van der Waals surface area contributed by atoms with Crippen LogP contribution in [0.4, 0.5) is 11.8 Å². The van der Waals surface area contributed by atoms with E-state index in [1.165, 1.54) is 32.1 Å². The summed E-state index contributed by atoms with van der Waals surface area (Å²) in [5, 5.41) is 14.4. The van der Waals surface area contributed by atoms with Crippen LogP contribution in [-0.4, -0.2) is 27.8 Å². The van der Waals surface area contributed by atoms with Gasteiger partial charge in [-0.15, -0.1) is 11.7 Å². The van der Waals surface area contributed by atoms with Gasteiger partial charge in [0.1, 0.15) is 0 Å². The maximum absolute atomic E-state index is 4.36. The molecule has 17 heavy (non-hydrogen) atoms. The molecule has 0 radical (unpaired) electrons. The topological polar surface area (TPSA) is 62.7 Å². The molecule has 92 valence electrons. The molecule has 1 heterocycles. The monoisotopic (exact) mass is 233 g/mol. The summed E-state index contributed by atoms with van der Waals surface area (Å²) < 4.78 is 0. The van der Waals surface area contributed by atoms with Gasteiger partial charge in [-0.2, -0.15) is 10.1 Å². The largest absolute Gasteiger partial charge is 0.365 e. The highest BCUT2D eigenvalue weighted by molar-refractivity contribution is 5.37. The average Bonchev–Trinajstić information content (AvgIpc) is 2.38. The summed E-state index contributed by atoms with van der Waals surface area (Å²) >= 11 is 0. The molecule has 1 aliphatic carbocycles. The fourth-order valence-corrected chi connectivity index (χ4v) is 2.06. The zero-order chi connectivity index (χ0) is 11.9. The third-order valence-electron chi connectivity index (χ3n) is 2.92. The van der Waals surface area contributed by atoms with Crippen molar-refractivity contribution < 1.29 is 0 Å². The predicted octanol–water partition coefficient (Wildman–Crippen LogP) is 2.21. The molecule has 1 aromatic heterocycles. The Labute approximate surface area is 102 Å². The molecule has 0 aliphatic heterocycles. The van der Waals surface area contributed by atoms with Crippen LogP contribution in [0.5, 0.6) is 0 Å². The first-order chi connectivity index (χ1) is 8.38. The SMILES string of the molecule is C=CCNc1cnnc(NC2CCCCC2)n1. The van der Waals surface area contributed by atoms with E-state index in [4.69, 9.17) is 0 Å². The van der Waals surface area contributed by atoms with Gasteiger partial charge in [0, 0.05) is 12.6 Å². The highest BCUT2D eigenvalue weighted by atomic mass is 15.3. The Morgan fingerprint density at radius 2 is 2.18 bits per heavy atom. The van der Waals surface area contributed by atoms with E-state index >= 15 is 0 Å². The number of nitrogens with one attached hydrogen (secondary N) is 2. The molecule has 0 atom stereocenters. The summed E-state index contributed by atoms with van der Waals surface area (Å²) in [6, 6.07) is 0.500. The average molecular weight is 233 g/mol. The minimum atomic E-state index is 0.500. The van der Waals surface area contributed by atoms with Gasteiger partial charge >= 0.3 is 0 Å². The molecule has 5 nitrogen and oxygen atoms in total. The van der Waals surface area contributed by atoms with Gasteiger partial charge < -0.3 is 10.6 Å². The fourth-order valence-electron chi connectivity index (χ4n) is 2.06. The van der Waals surface area contributed by atoms with Crippen LogP contribution < -0.4 is 10.6 Å². The smallest absolute Gasteiger partial charge is 0.244 e. The van der Waals surface area contributed by atoms with Crippen molar-refractivity contribution in [3.63, 3.8) is 0 Å². The van der Waals surface area contributed by atoms with Crippen molar-refractivity contribution >= 4 is 11.8 Å². The molecule has 2 N–H and O–H groups in total.